The lowest BCUT2D eigenvalue weighted by atomic mass is 10.0. The van der Waals surface area contributed by atoms with E-state index in [1.807, 2.05) is 12.1 Å². The average Bonchev–Trinajstić information content (AvgIpc) is 2.54. The fraction of sp³-hybridized carbons (Fsp3) is 0.111. The van der Waals surface area contributed by atoms with Crippen molar-refractivity contribution < 1.29 is 19.4 Å². The van der Waals surface area contributed by atoms with Crippen LogP contribution in [0.1, 0.15) is 12.0 Å². The summed E-state index contributed by atoms with van der Waals surface area (Å²) >= 11 is 0. The Morgan fingerprint density at radius 1 is 1.09 bits per heavy atom. The molecule has 3 rings (SSSR count). The lowest BCUT2D eigenvalue weighted by Gasteiger charge is -2.07. The third-order valence-electron chi connectivity index (χ3n) is 3.64. The van der Waals surface area contributed by atoms with Crippen molar-refractivity contribution in [2.75, 3.05) is 0 Å². The van der Waals surface area contributed by atoms with Gasteiger partial charge in [-0.05, 0) is 47.7 Å². The van der Waals surface area contributed by atoms with Crippen molar-refractivity contribution in [3.8, 4) is 17.1 Å². The molecule has 0 fully saturated rings. The molecule has 0 atom stereocenters. The summed E-state index contributed by atoms with van der Waals surface area (Å²) in [6.45, 7) is 0. The number of benzene rings is 2. The molecule has 5 nitrogen and oxygen atoms in total. The van der Waals surface area contributed by atoms with Crippen LogP contribution in [0.2, 0.25) is 0 Å². The summed E-state index contributed by atoms with van der Waals surface area (Å²) in [5.74, 6) is -0.532. The average molecular weight is 310 g/mol. The first-order chi connectivity index (χ1) is 11.0. The van der Waals surface area contributed by atoms with Crippen molar-refractivity contribution in [3.05, 3.63) is 64.5 Å². The Hall–Kier alpha value is -3.08. The third kappa shape index (κ3) is 3.08. The molecular formula is C18H14O5. The molecule has 1 heterocycles. The largest absolute Gasteiger partial charge is 0.508 e. The van der Waals surface area contributed by atoms with Gasteiger partial charge >= 0.3 is 11.6 Å². The number of aliphatic carboxylic acids is 1. The normalized spacial score (nSPS) is 10.8. The quantitative estimate of drug-likeness (QED) is 0.772. The number of rotatable bonds is 4. The van der Waals surface area contributed by atoms with Gasteiger partial charge in [0, 0.05) is 12.0 Å². The van der Waals surface area contributed by atoms with Crippen LogP contribution in [0.3, 0.4) is 0 Å². The minimum absolute atomic E-state index is 0.0261. The highest BCUT2D eigenvalue weighted by atomic mass is 16.4. The molecule has 5 heteroatoms. The smallest absolute Gasteiger partial charge is 0.344 e. The first-order valence-corrected chi connectivity index (χ1v) is 7.11. The first-order valence-electron chi connectivity index (χ1n) is 7.11. The van der Waals surface area contributed by atoms with E-state index < -0.39 is 11.6 Å². The molecule has 0 bridgehead atoms. The molecule has 2 N–H and O–H groups in total. The number of phenolic OH excluding ortho intramolecular Hbond substituents is 1. The zero-order valence-electron chi connectivity index (χ0n) is 12.2. The maximum Gasteiger partial charge on any atom is 0.344 e. The monoisotopic (exact) mass is 310 g/mol. The lowest BCUT2D eigenvalue weighted by molar-refractivity contribution is -0.136. The number of carbonyl (C=O) groups is 1. The van der Waals surface area contributed by atoms with Crippen LogP contribution in [0.25, 0.3) is 22.1 Å². The van der Waals surface area contributed by atoms with Crippen molar-refractivity contribution in [3.63, 3.8) is 0 Å². The van der Waals surface area contributed by atoms with Gasteiger partial charge in [-0.15, -0.1) is 0 Å². The second kappa shape index (κ2) is 5.96. The van der Waals surface area contributed by atoms with Crippen LogP contribution in [0.4, 0.5) is 0 Å². The molecule has 2 aromatic carbocycles. The molecule has 3 aromatic rings. The molecule has 0 aliphatic carbocycles. The van der Waals surface area contributed by atoms with E-state index in [0.29, 0.717) is 22.3 Å². The molecule has 0 radical (unpaired) electrons. The molecule has 0 saturated carbocycles. The Bertz CT molecular complexity index is 940. The maximum atomic E-state index is 12.0. The van der Waals surface area contributed by atoms with Gasteiger partial charge < -0.3 is 14.6 Å². The van der Waals surface area contributed by atoms with Crippen LogP contribution < -0.4 is 5.63 Å². The van der Waals surface area contributed by atoms with Crippen LogP contribution in [0.5, 0.6) is 5.75 Å². The Balaban J connectivity index is 2.06. The molecule has 23 heavy (non-hydrogen) atoms. The summed E-state index contributed by atoms with van der Waals surface area (Å²) < 4.78 is 5.34. The molecule has 0 saturated heterocycles. The zero-order chi connectivity index (χ0) is 16.4. The van der Waals surface area contributed by atoms with Crippen LogP contribution in [0, 0.1) is 0 Å². The summed E-state index contributed by atoms with van der Waals surface area (Å²) in [7, 11) is 0. The number of carboxylic acids is 1. The van der Waals surface area contributed by atoms with Gasteiger partial charge in [0.2, 0.25) is 0 Å². The van der Waals surface area contributed by atoms with Crippen LogP contribution >= 0.6 is 0 Å². The number of hydrogen-bond acceptors (Lipinski definition) is 4. The fourth-order valence-electron chi connectivity index (χ4n) is 2.46. The zero-order valence-corrected chi connectivity index (χ0v) is 12.2. The minimum atomic E-state index is -0.938. The van der Waals surface area contributed by atoms with Gasteiger partial charge in [-0.3, -0.25) is 4.79 Å². The third-order valence-corrected chi connectivity index (χ3v) is 3.64. The van der Waals surface area contributed by atoms with Gasteiger partial charge in [-0.1, -0.05) is 18.2 Å². The number of aromatic hydroxyl groups is 1. The molecule has 1 aromatic heterocycles. The number of aryl methyl sites for hydroxylation is 1. The standard InChI is InChI=1S/C18H14O5/c19-15-7-5-13(9-12(15)6-8-17(20)21)16-10-11-3-1-2-4-14(11)18(22)23-16/h1-5,7,9-10,19H,6,8H2,(H,20,21). The van der Waals surface area contributed by atoms with Crippen molar-refractivity contribution >= 4 is 16.7 Å². The van der Waals surface area contributed by atoms with Gasteiger partial charge in [-0.2, -0.15) is 0 Å². The Labute approximate surface area is 131 Å². The second-order valence-corrected chi connectivity index (χ2v) is 5.22. The molecular weight excluding hydrogens is 296 g/mol. The topological polar surface area (TPSA) is 87.7 Å². The SMILES string of the molecule is O=C(O)CCc1cc(-c2cc3ccccc3c(=O)o2)ccc1O. The van der Waals surface area contributed by atoms with Gasteiger partial charge in [0.1, 0.15) is 11.5 Å². The van der Waals surface area contributed by atoms with E-state index in [1.54, 1.807) is 30.3 Å². The van der Waals surface area contributed by atoms with E-state index in [0.717, 1.165) is 5.39 Å². The summed E-state index contributed by atoms with van der Waals surface area (Å²) in [5, 5.41) is 19.9. The van der Waals surface area contributed by atoms with Crippen LogP contribution in [-0.4, -0.2) is 16.2 Å². The van der Waals surface area contributed by atoms with Crippen molar-refractivity contribution in [2.24, 2.45) is 0 Å². The van der Waals surface area contributed by atoms with Gasteiger partial charge in [0.05, 0.1) is 5.39 Å². The summed E-state index contributed by atoms with van der Waals surface area (Å²) in [4.78, 5) is 22.7. The van der Waals surface area contributed by atoms with Crippen LogP contribution in [0.15, 0.2) is 57.7 Å². The van der Waals surface area contributed by atoms with Gasteiger partial charge in [0.15, 0.2) is 0 Å². The molecule has 0 aliphatic heterocycles. The van der Waals surface area contributed by atoms with Crippen molar-refractivity contribution in [2.45, 2.75) is 12.8 Å². The number of hydrogen-bond donors (Lipinski definition) is 2. The number of fused-ring (bicyclic) bond motifs is 1. The van der Waals surface area contributed by atoms with Crippen LogP contribution in [-0.2, 0) is 11.2 Å². The highest BCUT2D eigenvalue weighted by Crippen LogP contribution is 2.28. The first kappa shape index (κ1) is 14.8. The second-order valence-electron chi connectivity index (χ2n) is 5.22. The Morgan fingerprint density at radius 2 is 1.87 bits per heavy atom. The van der Waals surface area contributed by atoms with Crippen molar-refractivity contribution in [1.82, 2.24) is 0 Å². The van der Waals surface area contributed by atoms with Gasteiger partial charge in [-0.25, -0.2) is 4.79 Å². The van der Waals surface area contributed by atoms with E-state index in [4.69, 9.17) is 9.52 Å². The molecule has 0 aliphatic rings. The van der Waals surface area contributed by atoms with Gasteiger partial charge in [0.25, 0.3) is 0 Å². The summed E-state index contributed by atoms with van der Waals surface area (Å²) in [6.07, 6.45) is 0.117. The van der Waals surface area contributed by atoms with E-state index in [-0.39, 0.29) is 18.6 Å². The molecule has 116 valence electrons. The summed E-state index contributed by atoms with van der Waals surface area (Å²) in [6, 6.07) is 13.6. The van der Waals surface area contributed by atoms with E-state index in [9.17, 15) is 14.7 Å². The van der Waals surface area contributed by atoms with E-state index in [1.165, 1.54) is 6.07 Å². The van der Waals surface area contributed by atoms with Crippen molar-refractivity contribution in [1.29, 1.82) is 0 Å². The number of carboxylic acid groups (broad SMARTS) is 1. The summed E-state index contributed by atoms with van der Waals surface area (Å²) in [5.41, 5.74) is 0.685. The minimum Gasteiger partial charge on any atom is -0.508 e. The Kier molecular flexibility index (Phi) is 3.85. The predicted octanol–water partition coefficient (Wildman–Crippen LogP) is 3.18. The lowest BCUT2D eigenvalue weighted by Crippen LogP contribution is -2.01. The highest BCUT2D eigenvalue weighted by molar-refractivity contribution is 5.84. The molecule has 0 spiro atoms. The van der Waals surface area contributed by atoms with E-state index >= 15 is 0 Å². The Morgan fingerprint density at radius 3 is 2.65 bits per heavy atom. The van der Waals surface area contributed by atoms with E-state index in [2.05, 4.69) is 0 Å². The molecule has 0 amide bonds. The highest BCUT2D eigenvalue weighted by Gasteiger charge is 2.10. The molecule has 0 unspecified atom stereocenters. The maximum absolute atomic E-state index is 12.0. The fourth-order valence-corrected chi connectivity index (χ4v) is 2.46. The number of phenols is 1. The predicted molar refractivity (Wildman–Crippen MR) is 85.5 cm³/mol.